The van der Waals surface area contributed by atoms with E-state index in [2.05, 4.69) is 10.3 Å². The second kappa shape index (κ2) is 7.42. The van der Waals surface area contributed by atoms with Gasteiger partial charge in [-0.3, -0.25) is 9.59 Å². The first-order valence-electron chi connectivity index (χ1n) is 6.31. The first kappa shape index (κ1) is 15.9. The molecule has 1 heterocycles. The highest BCUT2D eigenvalue weighted by atomic mass is 19.1. The number of aromatic nitrogens is 1. The summed E-state index contributed by atoms with van der Waals surface area (Å²) in [7, 11) is 0. The number of aromatic hydroxyl groups is 1. The van der Waals surface area contributed by atoms with Crippen molar-refractivity contribution >= 4 is 17.6 Å². The summed E-state index contributed by atoms with van der Waals surface area (Å²) in [6.45, 7) is 4.25. The standard InChI is InChI=1S/C13H17FN2O4/c1-3-5-20-11(18)7-10(17)8-6-9(14)13(19)16-12(8)15-4-2/h6H,3-5,7H2,1-2H3,(H2,15,16,19). The lowest BCUT2D eigenvalue weighted by molar-refractivity contribution is -0.142. The Bertz CT molecular complexity index is 505. The van der Waals surface area contributed by atoms with E-state index in [9.17, 15) is 19.1 Å². The molecule has 0 aliphatic carbocycles. The van der Waals surface area contributed by atoms with Crippen LogP contribution in [0.1, 0.15) is 37.0 Å². The molecule has 0 atom stereocenters. The minimum atomic E-state index is -1.02. The molecular weight excluding hydrogens is 267 g/mol. The quantitative estimate of drug-likeness (QED) is 0.451. The van der Waals surface area contributed by atoms with E-state index in [4.69, 9.17) is 4.74 Å². The smallest absolute Gasteiger partial charge is 0.313 e. The minimum absolute atomic E-state index is 0.0414. The molecule has 1 rings (SSSR count). The van der Waals surface area contributed by atoms with E-state index >= 15 is 0 Å². The van der Waals surface area contributed by atoms with Crippen molar-refractivity contribution in [1.29, 1.82) is 0 Å². The van der Waals surface area contributed by atoms with Gasteiger partial charge in [-0.05, 0) is 19.4 Å². The summed E-state index contributed by atoms with van der Waals surface area (Å²) in [5, 5.41) is 11.9. The lowest BCUT2D eigenvalue weighted by Crippen LogP contribution is -2.15. The van der Waals surface area contributed by atoms with E-state index in [-0.39, 0.29) is 18.0 Å². The molecule has 0 saturated heterocycles. The number of halogens is 1. The Morgan fingerprint density at radius 1 is 1.45 bits per heavy atom. The van der Waals surface area contributed by atoms with Gasteiger partial charge in [0.25, 0.3) is 0 Å². The number of nitrogens with one attached hydrogen (secondary N) is 1. The Morgan fingerprint density at radius 3 is 2.75 bits per heavy atom. The molecule has 0 bridgehead atoms. The van der Waals surface area contributed by atoms with Crippen molar-refractivity contribution in [3.63, 3.8) is 0 Å². The largest absolute Gasteiger partial charge is 0.491 e. The maximum absolute atomic E-state index is 13.3. The monoisotopic (exact) mass is 284 g/mol. The van der Waals surface area contributed by atoms with Crippen LogP contribution in [0.5, 0.6) is 5.88 Å². The maximum Gasteiger partial charge on any atom is 0.313 e. The van der Waals surface area contributed by atoms with Gasteiger partial charge in [0.15, 0.2) is 11.6 Å². The third-order valence-electron chi connectivity index (χ3n) is 2.37. The minimum Gasteiger partial charge on any atom is -0.491 e. The van der Waals surface area contributed by atoms with Crippen LogP contribution in [0.2, 0.25) is 0 Å². The lowest BCUT2D eigenvalue weighted by atomic mass is 10.1. The zero-order valence-corrected chi connectivity index (χ0v) is 11.4. The van der Waals surface area contributed by atoms with E-state index in [1.165, 1.54) is 0 Å². The Balaban J connectivity index is 2.90. The van der Waals surface area contributed by atoms with E-state index in [0.717, 1.165) is 6.07 Å². The lowest BCUT2D eigenvalue weighted by Gasteiger charge is -2.09. The molecule has 1 aromatic rings. The molecule has 0 amide bonds. The fourth-order valence-electron chi connectivity index (χ4n) is 1.49. The molecule has 7 heteroatoms. The van der Waals surface area contributed by atoms with Crippen molar-refractivity contribution in [1.82, 2.24) is 4.98 Å². The second-order valence-electron chi connectivity index (χ2n) is 4.04. The molecule has 2 N–H and O–H groups in total. The number of rotatable bonds is 7. The molecule has 6 nitrogen and oxygen atoms in total. The van der Waals surface area contributed by atoms with Crippen LogP contribution < -0.4 is 5.32 Å². The predicted octanol–water partition coefficient (Wildman–Crippen LogP) is 1.88. The highest BCUT2D eigenvalue weighted by molar-refractivity contribution is 6.08. The SMILES string of the molecule is CCCOC(=O)CC(=O)c1cc(F)c(O)nc1NCC. The topological polar surface area (TPSA) is 88.5 Å². The molecule has 0 saturated carbocycles. The Morgan fingerprint density at radius 2 is 2.15 bits per heavy atom. The van der Waals surface area contributed by atoms with Crippen molar-refractivity contribution in [2.45, 2.75) is 26.7 Å². The summed E-state index contributed by atoms with van der Waals surface area (Å²) in [5.41, 5.74) is -0.0874. The molecule has 0 fully saturated rings. The number of ketones is 1. The zero-order valence-electron chi connectivity index (χ0n) is 11.4. The average molecular weight is 284 g/mol. The number of hydrogen-bond acceptors (Lipinski definition) is 6. The third-order valence-corrected chi connectivity index (χ3v) is 2.37. The molecular formula is C13H17FN2O4. The normalized spacial score (nSPS) is 10.2. The number of carbonyl (C=O) groups is 2. The summed E-state index contributed by atoms with van der Waals surface area (Å²) in [4.78, 5) is 26.9. The van der Waals surface area contributed by atoms with Crippen LogP contribution in [0.15, 0.2) is 6.07 Å². The molecule has 0 aromatic carbocycles. The fourth-order valence-corrected chi connectivity index (χ4v) is 1.49. The van der Waals surface area contributed by atoms with Gasteiger partial charge in [-0.1, -0.05) is 6.92 Å². The van der Waals surface area contributed by atoms with Gasteiger partial charge in [-0.2, -0.15) is 4.98 Å². The third kappa shape index (κ3) is 4.18. The van der Waals surface area contributed by atoms with Gasteiger partial charge in [-0.25, -0.2) is 4.39 Å². The summed E-state index contributed by atoms with van der Waals surface area (Å²) < 4.78 is 18.1. The Kier molecular flexibility index (Phi) is 5.89. The van der Waals surface area contributed by atoms with E-state index in [0.29, 0.717) is 13.0 Å². The molecule has 0 unspecified atom stereocenters. The highest BCUT2D eigenvalue weighted by Gasteiger charge is 2.20. The van der Waals surface area contributed by atoms with Crippen LogP contribution in [0.4, 0.5) is 10.2 Å². The number of esters is 1. The number of hydrogen-bond donors (Lipinski definition) is 2. The fraction of sp³-hybridized carbons (Fsp3) is 0.462. The number of pyridine rings is 1. The van der Waals surface area contributed by atoms with Crippen molar-refractivity contribution in [2.75, 3.05) is 18.5 Å². The number of Topliss-reactive ketones (excluding diaryl/α,β-unsaturated/α-hetero) is 1. The van der Waals surface area contributed by atoms with Crippen molar-refractivity contribution in [2.24, 2.45) is 0 Å². The number of carbonyl (C=O) groups excluding carboxylic acids is 2. The second-order valence-corrected chi connectivity index (χ2v) is 4.04. The molecule has 0 radical (unpaired) electrons. The molecule has 0 aliphatic heterocycles. The van der Waals surface area contributed by atoms with Gasteiger partial charge < -0.3 is 15.2 Å². The number of ether oxygens (including phenoxy) is 1. The van der Waals surface area contributed by atoms with Crippen LogP contribution in [0.25, 0.3) is 0 Å². The highest BCUT2D eigenvalue weighted by Crippen LogP contribution is 2.22. The predicted molar refractivity (Wildman–Crippen MR) is 70.2 cm³/mol. The summed E-state index contributed by atoms with van der Waals surface area (Å²) in [6.07, 6.45) is 0.155. The summed E-state index contributed by atoms with van der Waals surface area (Å²) in [5.74, 6) is -3.07. The van der Waals surface area contributed by atoms with Gasteiger partial charge in [0, 0.05) is 6.54 Å². The van der Waals surface area contributed by atoms with Gasteiger partial charge in [0.2, 0.25) is 5.88 Å². The Hall–Kier alpha value is -2.18. The first-order valence-corrected chi connectivity index (χ1v) is 6.31. The van der Waals surface area contributed by atoms with Crippen LogP contribution in [-0.2, 0) is 9.53 Å². The molecule has 0 spiro atoms. The van der Waals surface area contributed by atoms with Gasteiger partial charge in [0.05, 0.1) is 12.2 Å². The van der Waals surface area contributed by atoms with Crippen molar-refractivity contribution in [3.8, 4) is 5.88 Å². The maximum atomic E-state index is 13.3. The first-order chi connectivity index (χ1) is 9.49. The summed E-state index contributed by atoms with van der Waals surface area (Å²) in [6, 6.07) is 0.857. The van der Waals surface area contributed by atoms with E-state index in [1.54, 1.807) is 6.92 Å². The molecule has 110 valence electrons. The molecule has 1 aromatic heterocycles. The van der Waals surface area contributed by atoms with Crippen molar-refractivity contribution < 1.29 is 23.8 Å². The van der Waals surface area contributed by atoms with Crippen LogP contribution >= 0.6 is 0 Å². The average Bonchev–Trinajstić information content (AvgIpc) is 2.40. The summed E-state index contributed by atoms with van der Waals surface area (Å²) >= 11 is 0. The van der Waals surface area contributed by atoms with Crippen LogP contribution in [0, 0.1) is 5.82 Å². The van der Waals surface area contributed by atoms with Gasteiger partial charge in [0.1, 0.15) is 12.2 Å². The van der Waals surface area contributed by atoms with Crippen LogP contribution in [0.3, 0.4) is 0 Å². The van der Waals surface area contributed by atoms with Gasteiger partial charge in [-0.15, -0.1) is 0 Å². The zero-order chi connectivity index (χ0) is 15.1. The molecule has 0 aliphatic rings. The molecule has 20 heavy (non-hydrogen) atoms. The van der Waals surface area contributed by atoms with Crippen LogP contribution in [-0.4, -0.2) is 35.0 Å². The van der Waals surface area contributed by atoms with Crippen molar-refractivity contribution in [3.05, 3.63) is 17.4 Å². The number of anilines is 1. The van der Waals surface area contributed by atoms with E-state index < -0.39 is 29.9 Å². The number of nitrogens with zero attached hydrogens (tertiary/aromatic N) is 1. The van der Waals surface area contributed by atoms with E-state index in [1.807, 2.05) is 6.92 Å². The Labute approximate surface area is 116 Å². The van der Waals surface area contributed by atoms with Gasteiger partial charge >= 0.3 is 5.97 Å².